The molecule has 3 N–H and O–H groups in total. The molecule has 3 aromatic rings. The molecular weight excluding hydrogens is 238 g/mol. The molecule has 0 saturated heterocycles. The summed E-state index contributed by atoms with van der Waals surface area (Å²) in [6, 6.07) is 11.5. The minimum Gasteiger partial charge on any atom is -0.385 e. The average Bonchev–Trinajstić information content (AvgIpc) is 2.71. The van der Waals surface area contributed by atoms with E-state index in [0.29, 0.717) is 5.82 Å². The van der Waals surface area contributed by atoms with E-state index in [1.807, 2.05) is 37.3 Å². The molecule has 3 rings (SSSR count). The summed E-state index contributed by atoms with van der Waals surface area (Å²) in [5.41, 5.74) is 9.78. The largest absolute Gasteiger partial charge is 0.385 e. The number of pyridine rings is 1. The molecule has 19 heavy (non-hydrogen) atoms. The SMILES string of the molecule is Cc1[nH]c2ccccc2c1-c1cc(N)n(C)c(=O)c1. The van der Waals surface area contributed by atoms with Gasteiger partial charge in [0.25, 0.3) is 5.56 Å². The van der Waals surface area contributed by atoms with Gasteiger partial charge in [-0.3, -0.25) is 9.36 Å². The highest BCUT2D eigenvalue weighted by Gasteiger charge is 2.12. The molecule has 0 aliphatic rings. The van der Waals surface area contributed by atoms with Crippen molar-refractivity contribution < 1.29 is 0 Å². The van der Waals surface area contributed by atoms with Gasteiger partial charge in [0.15, 0.2) is 0 Å². The van der Waals surface area contributed by atoms with Crippen molar-refractivity contribution in [3.8, 4) is 11.1 Å². The average molecular weight is 253 g/mol. The smallest absolute Gasteiger partial charge is 0.252 e. The van der Waals surface area contributed by atoms with E-state index < -0.39 is 0 Å². The standard InChI is InChI=1S/C15H15N3O/c1-9-15(11-5-3-4-6-12(11)17-9)10-7-13(16)18(2)14(19)8-10/h3-8,17H,16H2,1-2H3. The molecule has 0 unspecified atom stereocenters. The highest BCUT2D eigenvalue weighted by atomic mass is 16.1. The summed E-state index contributed by atoms with van der Waals surface area (Å²) in [7, 11) is 1.67. The van der Waals surface area contributed by atoms with Gasteiger partial charge in [0, 0.05) is 35.3 Å². The van der Waals surface area contributed by atoms with E-state index in [2.05, 4.69) is 4.98 Å². The second-order valence-corrected chi connectivity index (χ2v) is 4.74. The van der Waals surface area contributed by atoms with Crippen LogP contribution in [-0.4, -0.2) is 9.55 Å². The summed E-state index contributed by atoms with van der Waals surface area (Å²) in [4.78, 5) is 15.2. The zero-order valence-corrected chi connectivity index (χ0v) is 10.9. The Morgan fingerprint density at radius 1 is 1.21 bits per heavy atom. The molecule has 0 saturated carbocycles. The lowest BCUT2D eigenvalue weighted by Crippen LogP contribution is -2.18. The van der Waals surface area contributed by atoms with Gasteiger partial charge in [0.1, 0.15) is 5.82 Å². The number of anilines is 1. The van der Waals surface area contributed by atoms with Crippen LogP contribution in [0.5, 0.6) is 0 Å². The topological polar surface area (TPSA) is 63.8 Å². The van der Waals surface area contributed by atoms with Gasteiger partial charge in [-0.25, -0.2) is 0 Å². The molecule has 4 nitrogen and oxygen atoms in total. The summed E-state index contributed by atoms with van der Waals surface area (Å²) in [6.45, 7) is 2.00. The van der Waals surface area contributed by atoms with Gasteiger partial charge in [-0.2, -0.15) is 0 Å². The maximum absolute atomic E-state index is 11.9. The van der Waals surface area contributed by atoms with Crippen molar-refractivity contribution in [2.45, 2.75) is 6.92 Å². The first kappa shape index (κ1) is 11.6. The summed E-state index contributed by atoms with van der Waals surface area (Å²) < 4.78 is 1.44. The number of aryl methyl sites for hydroxylation is 1. The third-order valence-electron chi connectivity index (χ3n) is 3.48. The number of H-pyrrole nitrogens is 1. The van der Waals surface area contributed by atoms with Crippen LogP contribution in [0.15, 0.2) is 41.2 Å². The Morgan fingerprint density at radius 3 is 2.68 bits per heavy atom. The van der Waals surface area contributed by atoms with Crippen LogP contribution >= 0.6 is 0 Å². The van der Waals surface area contributed by atoms with Gasteiger partial charge in [0.05, 0.1) is 0 Å². The van der Waals surface area contributed by atoms with Crippen LogP contribution in [0.3, 0.4) is 0 Å². The minimum atomic E-state index is -0.0975. The van der Waals surface area contributed by atoms with Crippen LogP contribution in [0.25, 0.3) is 22.0 Å². The third kappa shape index (κ3) is 1.73. The molecule has 0 radical (unpaired) electrons. The van der Waals surface area contributed by atoms with E-state index in [0.717, 1.165) is 27.7 Å². The first-order valence-corrected chi connectivity index (χ1v) is 6.12. The van der Waals surface area contributed by atoms with Crippen LogP contribution < -0.4 is 11.3 Å². The molecule has 0 fully saturated rings. The quantitative estimate of drug-likeness (QED) is 0.699. The Balaban J connectivity index is 2.36. The van der Waals surface area contributed by atoms with E-state index in [-0.39, 0.29) is 5.56 Å². The number of aromatic nitrogens is 2. The number of aromatic amines is 1. The van der Waals surface area contributed by atoms with Crippen LogP contribution in [0.2, 0.25) is 0 Å². The highest BCUT2D eigenvalue weighted by molar-refractivity contribution is 5.97. The third-order valence-corrected chi connectivity index (χ3v) is 3.48. The second kappa shape index (κ2) is 4.02. The van der Waals surface area contributed by atoms with Gasteiger partial charge >= 0.3 is 0 Å². The number of para-hydroxylation sites is 1. The van der Waals surface area contributed by atoms with Crippen molar-refractivity contribution in [1.82, 2.24) is 9.55 Å². The summed E-state index contributed by atoms with van der Waals surface area (Å²) in [6.07, 6.45) is 0. The molecule has 2 aromatic heterocycles. The van der Waals surface area contributed by atoms with E-state index in [4.69, 9.17) is 5.73 Å². The lowest BCUT2D eigenvalue weighted by Gasteiger charge is -2.07. The van der Waals surface area contributed by atoms with Crippen molar-refractivity contribution in [1.29, 1.82) is 0 Å². The molecule has 4 heteroatoms. The van der Waals surface area contributed by atoms with Gasteiger partial charge < -0.3 is 10.7 Å². The predicted molar refractivity (Wildman–Crippen MR) is 78.1 cm³/mol. The number of hydrogen-bond donors (Lipinski definition) is 2. The van der Waals surface area contributed by atoms with Gasteiger partial charge in [-0.05, 0) is 24.6 Å². The minimum absolute atomic E-state index is 0.0975. The van der Waals surface area contributed by atoms with Gasteiger partial charge in [0.2, 0.25) is 0 Å². The molecular formula is C15H15N3O. The maximum Gasteiger partial charge on any atom is 0.252 e. The lowest BCUT2D eigenvalue weighted by molar-refractivity contribution is 0.876. The predicted octanol–water partition coefficient (Wildman–Crippen LogP) is 2.42. The Kier molecular flexibility index (Phi) is 2.45. The zero-order valence-electron chi connectivity index (χ0n) is 10.9. The Labute approximate surface area is 110 Å². The Morgan fingerprint density at radius 2 is 1.95 bits per heavy atom. The molecule has 0 bridgehead atoms. The van der Waals surface area contributed by atoms with Crippen LogP contribution in [-0.2, 0) is 7.05 Å². The van der Waals surface area contributed by atoms with Crippen molar-refractivity contribution in [3.63, 3.8) is 0 Å². The molecule has 2 heterocycles. The van der Waals surface area contributed by atoms with E-state index in [9.17, 15) is 4.79 Å². The van der Waals surface area contributed by atoms with Crippen molar-refractivity contribution in [3.05, 3.63) is 52.4 Å². The monoisotopic (exact) mass is 253 g/mol. The maximum atomic E-state index is 11.9. The summed E-state index contributed by atoms with van der Waals surface area (Å²) in [5, 5.41) is 1.10. The van der Waals surface area contributed by atoms with Crippen molar-refractivity contribution in [2.24, 2.45) is 7.05 Å². The first-order valence-electron chi connectivity index (χ1n) is 6.12. The molecule has 0 amide bonds. The Bertz CT molecular complexity index is 827. The molecule has 0 atom stereocenters. The van der Waals surface area contributed by atoms with Crippen molar-refractivity contribution >= 4 is 16.7 Å². The summed E-state index contributed by atoms with van der Waals surface area (Å²) in [5.74, 6) is 0.465. The second-order valence-electron chi connectivity index (χ2n) is 4.74. The number of nitrogens with two attached hydrogens (primary N) is 1. The number of rotatable bonds is 1. The van der Waals surface area contributed by atoms with Crippen molar-refractivity contribution in [2.75, 3.05) is 5.73 Å². The Hall–Kier alpha value is -2.49. The molecule has 0 aliphatic heterocycles. The lowest BCUT2D eigenvalue weighted by atomic mass is 10.0. The first-order chi connectivity index (χ1) is 9.08. The number of benzene rings is 1. The number of nitrogens with zero attached hydrogens (tertiary/aromatic N) is 1. The highest BCUT2D eigenvalue weighted by Crippen LogP contribution is 2.31. The molecule has 1 aromatic carbocycles. The summed E-state index contributed by atoms with van der Waals surface area (Å²) >= 11 is 0. The van der Waals surface area contributed by atoms with Gasteiger partial charge in [-0.15, -0.1) is 0 Å². The van der Waals surface area contributed by atoms with Crippen LogP contribution in [0, 0.1) is 6.92 Å². The van der Waals surface area contributed by atoms with E-state index in [1.54, 1.807) is 13.1 Å². The van der Waals surface area contributed by atoms with Crippen LogP contribution in [0.1, 0.15) is 5.69 Å². The fraction of sp³-hybridized carbons (Fsp3) is 0.133. The fourth-order valence-corrected chi connectivity index (χ4v) is 2.45. The van der Waals surface area contributed by atoms with Gasteiger partial charge in [-0.1, -0.05) is 18.2 Å². The van der Waals surface area contributed by atoms with Crippen LogP contribution in [0.4, 0.5) is 5.82 Å². The van der Waals surface area contributed by atoms with E-state index >= 15 is 0 Å². The number of nitrogen functional groups attached to an aromatic ring is 1. The normalized spacial score (nSPS) is 11.1. The fourth-order valence-electron chi connectivity index (χ4n) is 2.45. The number of nitrogens with one attached hydrogen (secondary N) is 1. The molecule has 0 aliphatic carbocycles. The number of hydrogen-bond acceptors (Lipinski definition) is 2. The molecule has 0 spiro atoms. The zero-order chi connectivity index (χ0) is 13.6. The molecule has 96 valence electrons. The van der Waals surface area contributed by atoms with E-state index in [1.165, 1.54) is 4.57 Å². The number of fused-ring (bicyclic) bond motifs is 1.